The molecular weight excluding hydrogens is 252 g/mol. The summed E-state index contributed by atoms with van der Waals surface area (Å²) in [4.78, 5) is 32.3. The standard InChI is InChI=1S/C12H20N2O5/c1-9(2)8-19-7-3-6-13-12(18)14-10(15)4-5-11(16)17/h4-5,9H,3,6-8H2,1-2H3,(H,16,17)(H2,13,14,15,18)/b5-4+. The lowest BCUT2D eigenvalue weighted by Gasteiger charge is -2.07. The lowest BCUT2D eigenvalue weighted by molar-refractivity contribution is -0.131. The first-order chi connectivity index (χ1) is 8.91. The van der Waals surface area contributed by atoms with Crippen molar-refractivity contribution in [3.05, 3.63) is 12.2 Å². The Bertz CT molecular complexity index is 339. The van der Waals surface area contributed by atoms with E-state index in [-0.39, 0.29) is 0 Å². The molecule has 0 aromatic carbocycles. The monoisotopic (exact) mass is 272 g/mol. The van der Waals surface area contributed by atoms with Crippen LogP contribution < -0.4 is 10.6 Å². The Balaban J connectivity index is 3.59. The van der Waals surface area contributed by atoms with Crippen molar-refractivity contribution in [1.82, 2.24) is 10.6 Å². The molecule has 0 aliphatic heterocycles. The molecule has 0 aliphatic rings. The second-order valence-electron chi connectivity index (χ2n) is 4.24. The number of hydrogen-bond donors (Lipinski definition) is 3. The van der Waals surface area contributed by atoms with Crippen molar-refractivity contribution in [3.63, 3.8) is 0 Å². The van der Waals surface area contributed by atoms with Crippen LogP contribution in [0.3, 0.4) is 0 Å². The molecule has 0 aromatic rings. The summed E-state index contributed by atoms with van der Waals surface area (Å²) in [6, 6.07) is -0.663. The van der Waals surface area contributed by atoms with Crippen LogP contribution in [0.25, 0.3) is 0 Å². The molecular formula is C12H20N2O5. The molecule has 0 rings (SSSR count). The molecule has 0 radical (unpaired) electrons. The van der Waals surface area contributed by atoms with Crippen LogP contribution in [0.4, 0.5) is 4.79 Å². The minimum atomic E-state index is -1.25. The van der Waals surface area contributed by atoms with E-state index in [1.807, 2.05) is 19.2 Å². The van der Waals surface area contributed by atoms with E-state index in [2.05, 4.69) is 5.32 Å². The highest BCUT2D eigenvalue weighted by Crippen LogP contribution is 1.92. The number of ether oxygens (including phenoxy) is 1. The first-order valence-corrected chi connectivity index (χ1v) is 5.99. The zero-order chi connectivity index (χ0) is 14.7. The largest absolute Gasteiger partial charge is 0.478 e. The molecule has 0 atom stereocenters. The number of rotatable bonds is 8. The van der Waals surface area contributed by atoms with Crippen molar-refractivity contribution in [2.45, 2.75) is 20.3 Å². The minimum absolute atomic E-state index is 0.375. The third kappa shape index (κ3) is 12.4. The molecule has 0 spiro atoms. The van der Waals surface area contributed by atoms with Gasteiger partial charge in [-0.1, -0.05) is 13.8 Å². The summed E-state index contributed by atoms with van der Waals surface area (Å²) in [6.07, 6.45) is 2.06. The molecule has 3 amide bonds. The molecule has 7 heteroatoms. The van der Waals surface area contributed by atoms with Crippen LogP contribution in [-0.2, 0) is 14.3 Å². The van der Waals surface area contributed by atoms with Gasteiger partial charge in [0.2, 0.25) is 0 Å². The number of carbonyl (C=O) groups is 3. The second-order valence-corrected chi connectivity index (χ2v) is 4.24. The molecule has 0 bridgehead atoms. The molecule has 0 heterocycles. The molecule has 0 unspecified atom stereocenters. The third-order valence-corrected chi connectivity index (χ3v) is 1.82. The van der Waals surface area contributed by atoms with Crippen LogP contribution in [0.5, 0.6) is 0 Å². The van der Waals surface area contributed by atoms with Crippen LogP contribution in [0.2, 0.25) is 0 Å². The molecule has 3 N–H and O–H groups in total. The number of carboxylic acids is 1. The van der Waals surface area contributed by atoms with E-state index in [0.717, 1.165) is 6.08 Å². The molecule has 19 heavy (non-hydrogen) atoms. The van der Waals surface area contributed by atoms with Crippen molar-refractivity contribution < 1.29 is 24.2 Å². The Labute approximate surface area is 112 Å². The first-order valence-electron chi connectivity index (χ1n) is 5.99. The Morgan fingerprint density at radius 3 is 2.53 bits per heavy atom. The number of amides is 3. The Hall–Kier alpha value is -1.89. The lowest BCUT2D eigenvalue weighted by Crippen LogP contribution is -2.39. The van der Waals surface area contributed by atoms with Crippen molar-refractivity contribution in [2.24, 2.45) is 5.92 Å². The highest BCUT2D eigenvalue weighted by atomic mass is 16.5. The van der Waals surface area contributed by atoms with Crippen molar-refractivity contribution in [2.75, 3.05) is 19.8 Å². The van der Waals surface area contributed by atoms with E-state index in [1.165, 1.54) is 0 Å². The maximum Gasteiger partial charge on any atom is 0.328 e. The second kappa shape index (κ2) is 10.1. The fourth-order valence-corrected chi connectivity index (χ4v) is 1.04. The number of carboxylic acid groups (broad SMARTS) is 1. The molecule has 0 aliphatic carbocycles. The van der Waals surface area contributed by atoms with Crippen LogP contribution in [0.1, 0.15) is 20.3 Å². The van der Waals surface area contributed by atoms with Gasteiger partial charge in [0.15, 0.2) is 0 Å². The average molecular weight is 272 g/mol. The molecule has 0 aromatic heterocycles. The number of urea groups is 1. The van der Waals surface area contributed by atoms with Crippen molar-refractivity contribution in [3.8, 4) is 0 Å². The van der Waals surface area contributed by atoms with Crippen LogP contribution >= 0.6 is 0 Å². The number of hydrogen-bond acceptors (Lipinski definition) is 4. The summed E-state index contributed by atoms with van der Waals surface area (Å²) < 4.78 is 5.31. The summed E-state index contributed by atoms with van der Waals surface area (Å²) >= 11 is 0. The smallest absolute Gasteiger partial charge is 0.328 e. The van der Waals surface area contributed by atoms with Gasteiger partial charge in [-0.25, -0.2) is 9.59 Å². The first kappa shape index (κ1) is 17.1. The van der Waals surface area contributed by atoms with Crippen LogP contribution in [0.15, 0.2) is 12.2 Å². The topological polar surface area (TPSA) is 105 Å². The van der Waals surface area contributed by atoms with Gasteiger partial charge in [-0.3, -0.25) is 10.1 Å². The SMILES string of the molecule is CC(C)COCCCNC(=O)NC(=O)/C=C/C(=O)O. The van der Waals surface area contributed by atoms with Gasteiger partial charge in [0.1, 0.15) is 0 Å². The molecule has 108 valence electrons. The van der Waals surface area contributed by atoms with Gasteiger partial charge >= 0.3 is 12.0 Å². The molecule has 7 nitrogen and oxygen atoms in total. The molecule has 0 saturated heterocycles. The molecule has 0 fully saturated rings. The summed E-state index contributed by atoms with van der Waals surface area (Å²) in [5, 5.41) is 12.7. The number of aliphatic carboxylic acids is 1. The summed E-state index contributed by atoms with van der Waals surface area (Å²) in [5.41, 5.74) is 0. The highest BCUT2D eigenvalue weighted by Gasteiger charge is 2.04. The predicted octanol–water partition coefficient (Wildman–Crippen LogP) is 0.516. The summed E-state index contributed by atoms with van der Waals surface area (Å²) in [7, 11) is 0. The van der Waals surface area contributed by atoms with Gasteiger partial charge in [0, 0.05) is 31.9 Å². The Kier molecular flexibility index (Phi) is 9.07. The van der Waals surface area contributed by atoms with E-state index in [1.54, 1.807) is 0 Å². The van der Waals surface area contributed by atoms with E-state index in [9.17, 15) is 14.4 Å². The fraction of sp³-hybridized carbons (Fsp3) is 0.583. The minimum Gasteiger partial charge on any atom is -0.478 e. The lowest BCUT2D eigenvalue weighted by atomic mass is 10.2. The van der Waals surface area contributed by atoms with Gasteiger partial charge in [-0.15, -0.1) is 0 Å². The van der Waals surface area contributed by atoms with Gasteiger partial charge < -0.3 is 15.2 Å². The molecule has 0 saturated carbocycles. The predicted molar refractivity (Wildman–Crippen MR) is 68.6 cm³/mol. The number of carbonyl (C=O) groups excluding carboxylic acids is 2. The average Bonchev–Trinajstić information content (AvgIpc) is 2.30. The zero-order valence-corrected chi connectivity index (χ0v) is 11.1. The van der Waals surface area contributed by atoms with Gasteiger partial charge in [0.05, 0.1) is 0 Å². The quantitative estimate of drug-likeness (QED) is 0.441. The number of nitrogens with one attached hydrogen (secondary N) is 2. The Morgan fingerprint density at radius 2 is 1.95 bits per heavy atom. The summed E-state index contributed by atoms with van der Waals surface area (Å²) in [5.74, 6) is -1.57. The van der Waals surface area contributed by atoms with E-state index in [4.69, 9.17) is 9.84 Å². The van der Waals surface area contributed by atoms with Gasteiger partial charge in [0.25, 0.3) is 5.91 Å². The third-order valence-electron chi connectivity index (χ3n) is 1.82. The Morgan fingerprint density at radius 1 is 1.26 bits per heavy atom. The van der Waals surface area contributed by atoms with Gasteiger partial charge in [-0.2, -0.15) is 0 Å². The van der Waals surface area contributed by atoms with Crippen molar-refractivity contribution >= 4 is 17.9 Å². The van der Waals surface area contributed by atoms with Crippen molar-refractivity contribution in [1.29, 1.82) is 0 Å². The maximum atomic E-state index is 11.2. The maximum absolute atomic E-state index is 11.2. The van der Waals surface area contributed by atoms with E-state index >= 15 is 0 Å². The van der Waals surface area contributed by atoms with Gasteiger partial charge in [-0.05, 0) is 12.3 Å². The van der Waals surface area contributed by atoms with Crippen LogP contribution in [-0.4, -0.2) is 42.8 Å². The van der Waals surface area contributed by atoms with E-state index in [0.29, 0.717) is 38.2 Å². The number of imide groups is 1. The zero-order valence-electron chi connectivity index (χ0n) is 11.1. The van der Waals surface area contributed by atoms with E-state index < -0.39 is 17.9 Å². The highest BCUT2D eigenvalue weighted by molar-refractivity contribution is 6.02. The summed E-state index contributed by atoms with van der Waals surface area (Å²) in [6.45, 7) is 5.67. The normalized spacial score (nSPS) is 10.7. The fourth-order valence-electron chi connectivity index (χ4n) is 1.04. The van der Waals surface area contributed by atoms with Crippen LogP contribution in [0, 0.1) is 5.92 Å².